The predicted octanol–water partition coefficient (Wildman–Crippen LogP) is 4.13. The van der Waals surface area contributed by atoms with E-state index in [1.807, 2.05) is 55.1 Å². The highest BCUT2D eigenvalue weighted by Gasteiger charge is 2.24. The highest BCUT2D eigenvalue weighted by molar-refractivity contribution is 5.90. The van der Waals surface area contributed by atoms with Gasteiger partial charge in [0.15, 0.2) is 0 Å². The Morgan fingerprint density at radius 2 is 1.85 bits per heavy atom. The SMILES string of the molecule is CC1CN(c2ccc(Nc3ncnc4ccccc34)cc2F)CC(C)O1. The topological polar surface area (TPSA) is 50.3 Å². The van der Waals surface area contributed by atoms with Gasteiger partial charge >= 0.3 is 0 Å². The van der Waals surface area contributed by atoms with Crippen LogP contribution in [0.1, 0.15) is 13.8 Å². The molecule has 1 aromatic heterocycles. The van der Waals surface area contributed by atoms with Crippen molar-refractivity contribution in [2.45, 2.75) is 26.1 Å². The molecule has 0 saturated carbocycles. The van der Waals surface area contributed by atoms with Gasteiger partial charge < -0.3 is 15.0 Å². The summed E-state index contributed by atoms with van der Waals surface area (Å²) in [6.45, 7) is 5.39. The number of hydrogen-bond acceptors (Lipinski definition) is 5. The minimum absolute atomic E-state index is 0.0864. The number of hydrogen-bond donors (Lipinski definition) is 1. The third-order valence-corrected chi connectivity index (χ3v) is 4.51. The Balaban J connectivity index is 1.60. The number of ether oxygens (including phenoxy) is 1. The lowest BCUT2D eigenvalue weighted by Crippen LogP contribution is -2.45. The van der Waals surface area contributed by atoms with Crippen LogP contribution in [-0.2, 0) is 4.74 Å². The third kappa shape index (κ3) is 3.32. The first-order valence-electron chi connectivity index (χ1n) is 8.77. The Kier molecular flexibility index (Phi) is 4.42. The molecule has 5 nitrogen and oxygen atoms in total. The molecule has 0 aliphatic carbocycles. The van der Waals surface area contributed by atoms with Crippen LogP contribution in [0.2, 0.25) is 0 Å². The van der Waals surface area contributed by atoms with Crippen LogP contribution >= 0.6 is 0 Å². The average Bonchev–Trinajstić information content (AvgIpc) is 2.61. The van der Waals surface area contributed by atoms with Gasteiger partial charge in [-0.05, 0) is 44.2 Å². The van der Waals surface area contributed by atoms with Crippen molar-refractivity contribution in [2.75, 3.05) is 23.3 Å². The molecule has 2 atom stereocenters. The van der Waals surface area contributed by atoms with E-state index in [0.29, 0.717) is 30.3 Å². The fraction of sp³-hybridized carbons (Fsp3) is 0.300. The minimum atomic E-state index is -0.255. The normalized spacial score (nSPS) is 20.3. The summed E-state index contributed by atoms with van der Waals surface area (Å²) >= 11 is 0. The van der Waals surface area contributed by atoms with E-state index in [4.69, 9.17) is 4.74 Å². The summed E-state index contributed by atoms with van der Waals surface area (Å²) in [5.41, 5.74) is 2.10. The molecule has 0 spiro atoms. The number of halogens is 1. The number of nitrogens with one attached hydrogen (secondary N) is 1. The highest BCUT2D eigenvalue weighted by Crippen LogP contribution is 2.28. The van der Waals surface area contributed by atoms with Gasteiger partial charge in [-0.3, -0.25) is 0 Å². The van der Waals surface area contributed by atoms with Crippen molar-refractivity contribution in [3.63, 3.8) is 0 Å². The molecule has 0 bridgehead atoms. The van der Waals surface area contributed by atoms with E-state index in [9.17, 15) is 4.39 Å². The van der Waals surface area contributed by atoms with Crippen LogP contribution in [0.3, 0.4) is 0 Å². The lowest BCUT2D eigenvalue weighted by Gasteiger charge is -2.37. The molecular formula is C20H21FN4O. The second kappa shape index (κ2) is 6.88. The molecule has 1 saturated heterocycles. The Labute approximate surface area is 151 Å². The van der Waals surface area contributed by atoms with E-state index < -0.39 is 0 Å². The Hall–Kier alpha value is -2.73. The van der Waals surface area contributed by atoms with Crippen molar-refractivity contribution in [1.29, 1.82) is 0 Å². The zero-order valence-corrected chi connectivity index (χ0v) is 14.8. The van der Waals surface area contributed by atoms with Crippen LogP contribution in [0, 0.1) is 5.82 Å². The van der Waals surface area contributed by atoms with Gasteiger partial charge in [0, 0.05) is 24.2 Å². The van der Waals surface area contributed by atoms with Crippen molar-refractivity contribution in [1.82, 2.24) is 9.97 Å². The van der Waals surface area contributed by atoms with E-state index in [2.05, 4.69) is 15.3 Å². The van der Waals surface area contributed by atoms with Crippen LogP contribution in [-0.4, -0.2) is 35.3 Å². The van der Waals surface area contributed by atoms with Gasteiger partial charge in [-0.1, -0.05) is 12.1 Å². The van der Waals surface area contributed by atoms with Gasteiger partial charge in [-0.25, -0.2) is 14.4 Å². The van der Waals surface area contributed by atoms with E-state index in [1.54, 1.807) is 0 Å². The number of para-hydroxylation sites is 1. The Morgan fingerprint density at radius 3 is 2.62 bits per heavy atom. The van der Waals surface area contributed by atoms with E-state index in [0.717, 1.165) is 10.9 Å². The van der Waals surface area contributed by atoms with Gasteiger partial charge in [0.25, 0.3) is 0 Å². The number of benzene rings is 2. The molecule has 2 aromatic carbocycles. The van der Waals surface area contributed by atoms with E-state index in [1.165, 1.54) is 12.4 Å². The number of aromatic nitrogens is 2. The monoisotopic (exact) mass is 352 g/mol. The Bertz CT molecular complexity index is 917. The van der Waals surface area contributed by atoms with E-state index >= 15 is 0 Å². The maximum absolute atomic E-state index is 14.8. The van der Waals surface area contributed by atoms with Gasteiger partial charge in [0.1, 0.15) is 18.0 Å². The first-order valence-corrected chi connectivity index (χ1v) is 8.77. The van der Waals surface area contributed by atoms with Crippen molar-refractivity contribution in [2.24, 2.45) is 0 Å². The van der Waals surface area contributed by atoms with Gasteiger partial charge in [-0.2, -0.15) is 0 Å². The lowest BCUT2D eigenvalue weighted by atomic mass is 10.1. The molecule has 0 radical (unpaired) electrons. The predicted molar refractivity (Wildman–Crippen MR) is 101 cm³/mol. The first-order chi connectivity index (χ1) is 12.6. The molecule has 1 N–H and O–H groups in total. The third-order valence-electron chi connectivity index (χ3n) is 4.51. The molecule has 2 heterocycles. The summed E-state index contributed by atoms with van der Waals surface area (Å²) in [6.07, 6.45) is 1.68. The first kappa shape index (κ1) is 16.7. The molecule has 1 fully saturated rings. The minimum Gasteiger partial charge on any atom is -0.372 e. The molecular weight excluding hydrogens is 331 g/mol. The number of anilines is 3. The summed E-state index contributed by atoms with van der Waals surface area (Å²) in [4.78, 5) is 10.6. The molecule has 1 aliphatic heterocycles. The van der Waals surface area contributed by atoms with Crippen LogP contribution in [0.15, 0.2) is 48.8 Å². The lowest BCUT2D eigenvalue weighted by molar-refractivity contribution is -0.00539. The summed E-state index contributed by atoms with van der Waals surface area (Å²) < 4.78 is 20.5. The molecule has 1 aliphatic rings. The smallest absolute Gasteiger partial charge is 0.148 e. The number of morpholine rings is 1. The zero-order chi connectivity index (χ0) is 18.1. The van der Waals surface area contributed by atoms with Gasteiger partial charge in [-0.15, -0.1) is 0 Å². The van der Waals surface area contributed by atoms with Crippen molar-refractivity contribution in [3.05, 3.63) is 54.6 Å². The molecule has 134 valence electrons. The molecule has 3 aromatic rings. The van der Waals surface area contributed by atoms with E-state index in [-0.39, 0.29) is 18.0 Å². The highest BCUT2D eigenvalue weighted by atomic mass is 19.1. The fourth-order valence-electron chi connectivity index (χ4n) is 3.46. The van der Waals surface area contributed by atoms with Gasteiger partial charge in [0.05, 0.1) is 23.4 Å². The second-order valence-electron chi connectivity index (χ2n) is 6.69. The summed E-state index contributed by atoms with van der Waals surface area (Å²) in [5, 5.41) is 4.10. The average molecular weight is 352 g/mol. The van der Waals surface area contributed by atoms with Crippen molar-refractivity contribution in [3.8, 4) is 0 Å². The fourth-order valence-corrected chi connectivity index (χ4v) is 3.46. The molecule has 6 heteroatoms. The number of fused-ring (bicyclic) bond motifs is 1. The molecule has 26 heavy (non-hydrogen) atoms. The van der Waals surface area contributed by atoms with Gasteiger partial charge in [0.2, 0.25) is 0 Å². The quantitative estimate of drug-likeness (QED) is 0.768. The van der Waals surface area contributed by atoms with Crippen LogP contribution < -0.4 is 10.2 Å². The Morgan fingerprint density at radius 1 is 1.08 bits per heavy atom. The maximum Gasteiger partial charge on any atom is 0.148 e. The largest absolute Gasteiger partial charge is 0.372 e. The van der Waals surface area contributed by atoms with Crippen LogP contribution in [0.25, 0.3) is 10.9 Å². The summed E-state index contributed by atoms with van der Waals surface area (Å²) in [6, 6.07) is 12.9. The number of rotatable bonds is 3. The maximum atomic E-state index is 14.8. The second-order valence-corrected chi connectivity index (χ2v) is 6.69. The van der Waals surface area contributed by atoms with Crippen LogP contribution in [0.5, 0.6) is 0 Å². The van der Waals surface area contributed by atoms with Crippen molar-refractivity contribution < 1.29 is 9.13 Å². The standard InChI is InChI=1S/C20H21FN4O/c1-13-10-25(11-14(2)26-13)19-8-7-15(9-17(19)21)24-20-16-5-3-4-6-18(16)22-12-23-20/h3-9,12-14H,10-11H2,1-2H3,(H,22,23,24). The summed E-state index contributed by atoms with van der Waals surface area (Å²) in [7, 11) is 0. The van der Waals surface area contributed by atoms with Crippen LogP contribution in [0.4, 0.5) is 21.6 Å². The van der Waals surface area contributed by atoms with Crippen molar-refractivity contribution >= 4 is 28.1 Å². The molecule has 4 rings (SSSR count). The number of nitrogens with zero attached hydrogens (tertiary/aromatic N) is 3. The zero-order valence-electron chi connectivity index (χ0n) is 14.8. The summed E-state index contributed by atoms with van der Waals surface area (Å²) in [5.74, 6) is 0.408. The molecule has 2 unspecified atom stereocenters. The molecule has 0 amide bonds.